The molecule has 122 valence electrons. The van der Waals surface area contributed by atoms with Crippen molar-refractivity contribution in [1.29, 1.82) is 0 Å². The van der Waals surface area contributed by atoms with E-state index in [0.717, 1.165) is 9.26 Å². The van der Waals surface area contributed by atoms with E-state index in [0.29, 0.717) is 16.5 Å². The van der Waals surface area contributed by atoms with Gasteiger partial charge in [0.25, 0.3) is 5.91 Å². The van der Waals surface area contributed by atoms with Crippen LogP contribution in [-0.2, 0) is 6.61 Å². The van der Waals surface area contributed by atoms with Crippen molar-refractivity contribution in [3.8, 4) is 5.75 Å². The van der Waals surface area contributed by atoms with Crippen LogP contribution in [0.15, 0.2) is 53.9 Å². The van der Waals surface area contributed by atoms with E-state index >= 15 is 0 Å². The number of hydrogen-bond acceptors (Lipinski definition) is 4. The molecule has 0 spiro atoms. The van der Waals surface area contributed by atoms with Crippen molar-refractivity contribution in [2.45, 2.75) is 6.61 Å². The number of anilines is 1. The Morgan fingerprint density at radius 1 is 1.21 bits per heavy atom. The number of rotatable bonds is 5. The van der Waals surface area contributed by atoms with E-state index in [1.54, 1.807) is 17.5 Å². The number of ether oxygens (including phenoxy) is 1. The lowest BCUT2D eigenvalue weighted by Crippen LogP contribution is -2.13. The molecule has 0 bridgehead atoms. The zero-order valence-corrected chi connectivity index (χ0v) is 15.3. The second kappa shape index (κ2) is 7.71. The molecule has 0 unspecified atom stereocenters. The second-order valence-electron chi connectivity index (χ2n) is 4.80. The Hall–Kier alpha value is -2.00. The fraction of sp³-hybridized carbons (Fsp3) is 0.0588. The van der Waals surface area contributed by atoms with Crippen LogP contribution in [0.5, 0.6) is 5.75 Å². The SMILES string of the molecule is O=C(Nc1ccccc1I)c1csc(COc2ccc(F)cc2)n1. The van der Waals surface area contributed by atoms with Gasteiger partial charge in [-0.3, -0.25) is 4.79 Å². The predicted molar refractivity (Wildman–Crippen MR) is 100.0 cm³/mol. The third-order valence-electron chi connectivity index (χ3n) is 3.08. The Kier molecular flexibility index (Phi) is 5.41. The molecule has 3 aromatic rings. The van der Waals surface area contributed by atoms with Crippen LogP contribution in [0.1, 0.15) is 15.5 Å². The van der Waals surface area contributed by atoms with Crippen molar-refractivity contribution in [3.05, 3.63) is 74.0 Å². The molecule has 0 fully saturated rings. The number of halogens is 2. The zero-order valence-electron chi connectivity index (χ0n) is 12.3. The Bertz CT molecular complexity index is 852. The number of nitrogens with zero attached hydrogens (tertiary/aromatic N) is 1. The Labute approximate surface area is 155 Å². The van der Waals surface area contributed by atoms with Crippen molar-refractivity contribution < 1.29 is 13.9 Å². The average molecular weight is 454 g/mol. The molecule has 3 rings (SSSR count). The third-order valence-corrected chi connectivity index (χ3v) is 4.85. The van der Waals surface area contributed by atoms with Gasteiger partial charge < -0.3 is 10.1 Å². The van der Waals surface area contributed by atoms with E-state index in [1.165, 1.54) is 23.5 Å². The molecule has 1 amide bonds. The van der Waals surface area contributed by atoms with Gasteiger partial charge in [0.1, 0.15) is 28.9 Å². The Balaban J connectivity index is 1.61. The van der Waals surface area contributed by atoms with Crippen molar-refractivity contribution >= 4 is 45.5 Å². The van der Waals surface area contributed by atoms with Gasteiger partial charge in [0, 0.05) is 8.95 Å². The highest BCUT2D eigenvalue weighted by atomic mass is 127. The first-order chi connectivity index (χ1) is 11.6. The van der Waals surface area contributed by atoms with Crippen LogP contribution >= 0.6 is 33.9 Å². The fourth-order valence-corrected chi connectivity index (χ4v) is 3.11. The number of carbonyl (C=O) groups excluding carboxylic acids is 1. The number of benzene rings is 2. The number of para-hydroxylation sites is 1. The molecule has 7 heteroatoms. The molecule has 4 nitrogen and oxygen atoms in total. The second-order valence-corrected chi connectivity index (χ2v) is 6.91. The minimum atomic E-state index is -0.314. The topological polar surface area (TPSA) is 51.2 Å². The van der Waals surface area contributed by atoms with E-state index in [9.17, 15) is 9.18 Å². The molecular formula is C17H12FIN2O2S. The molecule has 0 aliphatic heterocycles. The normalized spacial score (nSPS) is 10.4. The highest BCUT2D eigenvalue weighted by Crippen LogP contribution is 2.19. The summed E-state index contributed by atoms with van der Waals surface area (Å²) in [6, 6.07) is 13.3. The van der Waals surface area contributed by atoms with E-state index in [2.05, 4.69) is 32.9 Å². The number of aromatic nitrogens is 1. The van der Waals surface area contributed by atoms with Crippen molar-refractivity contribution in [2.24, 2.45) is 0 Å². The molecule has 0 aliphatic rings. The molecule has 0 saturated heterocycles. The molecule has 2 aromatic carbocycles. The predicted octanol–water partition coefficient (Wildman–Crippen LogP) is 4.72. The first-order valence-electron chi connectivity index (χ1n) is 7.00. The molecule has 1 aromatic heterocycles. The van der Waals surface area contributed by atoms with Gasteiger partial charge in [-0.1, -0.05) is 12.1 Å². The van der Waals surface area contributed by atoms with Gasteiger partial charge in [-0.2, -0.15) is 0 Å². The summed E-state index contributed by atoms with van der Waals surface area (Å²) < 4.78 is 19.3. The van der Waals surface area contributed by atoms with Crippen LogP contribution < -0.4 is 10.1 Å². The largest absolute Gasteiger partial charge is 0.486 e. The maximum absolute atomic E-state index is 12.8. The van der Waals surface area contributed by atoms with Gasteiger partial charge in [0.15, 0.2) is 0 Å². The molecule has 0 saturated carbocycles. The summed E-state index contributed by atoms with van der Waals surface area (Å²) in [5, 5.41) is 5.20. The minimum Gasteiger partial charge on any atom is -0.486 e. The molecule has 1 N–H and O–H groups in total. The lowest BCUT2D eigenvalue weighted by atomic mass is 10.3. The molecular weight excluding hydrogens is 442 g/mol. The maximum atomic E-state index is 12.8. The molecule has 0 aliphatic carbocycles. The van der Waals surface area contributed by atoms with Gasteiger partial charge in [0.2, 0.25) is 0 Å². The number of thiazole rings is 1. The number of hydrogen-bond donors (Lipinski definition) is 1. The van der Waals surface area contributed by atoms with Gasteiger partial charge >= 0.3 is 0 Å². The highest BCUT2D eigenvalue weighted by Gasteiger charge is 2.12. The molecule has 1 heterocycles. The van der Waals surface area contributed by atoms with Crippen molar-refractivity contribution in [2.75, 3.05) is 5.32 Å². The smallest absolute Gasteiger partial charge is 0.275 e. The first-order valence-corrected chi connectivity index (χ1v) is 8.96. The summed E-state index contributed by atoms with van der Waals surface area (Å²) in [6.07, 6.45) is 0. The summed E-state index contributed by atoms with van der Waals surface area (Å²) >= 11 is 3.50. The van der Waals surface area contributed by atoms with Crippen LogP contribution in [-0.4, -0.2) is 10.9 Å². The van der Waals surface area contributed by atoms with E-state index < -0.39 is 0 Å². The lowest BCUT2D eigenvalue weighted by Gasteiger charge is -2.05. The van der Waals surface area contributed by atoms with Gasteiger partial charge in [-0.05, 0) is 59.0 Å². The highest BCUT2D eigenvalue weighted by molar-refractivity contribution is 14.1. The number of carbonyl (C=O) groups is 1. The quantitative estimate of drug-likeness (QED) is 0.568. The first kappa shape index (κ1) is 16.8. The number of amides is 1. The Morgan fingerprint density at radius 3 is 2.71 bits per heavy atom. The molecule has 0 atom stereocenters. The summed E-state index contributed by atoms with van der Waals surface area (Å²) in [4.78, 5) is 16.5. The van der Waals surface area contributed by atoms with Crippen LogP contribution in [0.25, 0.3) is 0 Å². The fourth-order valence-electron chi connectivity index (χ4n) is 1.91. The van der Waals surface area contributed by atoms with Gasteiger partial charge in [-0.15, -0.1) is 11.3 Å². The van der Waals surface area contributed by atoms with Gasteiger partial charge in [0.05, 0.1) is 5.69 Å². The van der Waals surface area contributed by atoms with Crippen molar-refractivity contribution in [3.63, 3.8) is 0 Å². The van der Waals surface area contributed by atoms with Crippen LogP contribution in [0.2, 0.25) is 0 Å². The van der Waals surface area contributed by atoms with Crippen molar-refractivity contribution in [1.82, 2.24) is 4.98 Å². The lowest BCUT2D eigenvalue weighted by molar-refractivity contribution is 0.102. The summed E-state index contributed by atoms with van der Waals surface area (Å²) in [6.45, 7) is 0.229. The summed E-state index contributed by atoms with van der Waals surface area (Å²) in [5.41, 5.74) is 1.09. The standard InChI is InChI=1S/C17H12FIN2O2S/c18-11-5-7-12(8-6-11)23-9-16-20-15(10-24-16)17(22)21-14-4-2-1-3-13(14)19/h1-8,10H,9H2,(H,21,22). The maximum Gasteiger partial charge on any atom is 0.275 e. The Morgan fingerprint density at radius 2 is 1.96 bits per heavy atom. The molecule has 0 radical (unpaired) electrons. The van der Waals surface area contributed by atoms with E-state index in [4.69, 9.17) is 4.74 Å². The third kappa shape index (κ3) is 4.30. The molecule has 24 heavy (non-hydrogen) atoms. The van der Waals surface area contributed by atoms with Gasteiger partial charge in [-0.25, -0.2) is 9.37 Å². The zero-order chi connectivity index (χ0) is 16.9. The summed E-state index contributed by atoms with van der Waals surface area (Å²) in [7, 11) is 0. The average Bonchev–Trinajstić information content (AvgIpc) is 3.06. The monoisotopic (exact) mass is 454 g/mol. The van der Waals surface area contributed by atoms with Crippen LogP contribution in [0.4, 0.5) is 10.1 Å². The minimum absolute atomic E-state index is 0.229. The number of nitrogens with one attached hydrogen (secondary N) is 1. The van der Waals surface area contributed by atoms with E-state index in [-0.39, 0.29) is 18.3 Å². The summed E-state index contributed by atoms with van der Waals surface area (Å²) in [5.74, 6) is -0.0223. The van der Waals surface area contributed by atoms with E-state index in [1.807, 2.05) is 24.3 Å². The van der Waals surface area contributed by atoms with Crippen LogP contribution in [0, 0.1) is 9.39 Å². The van der Waals surface area contributed by atoms with Crippen LogP contribution in [0.3, 0.4) is 0 Å².